The molecule has 1 aromatic carbocycles. The molecule has 1 aromatic heterocycles. The van der Waals surface area contributed by atoms with Crippen molar-refractivity contribution in [3.05, 3.63) is 49.9 Å². The van der Waals surface area contributed by atoms with Gasteiger partial charge in [-0.2, -0.15) is 0 Å². The van der Waals surface area contributed by atoms with Crippen molar-refractivity contribution < 1.29 is 0 Å². The average molecular weight is 365 g/mol. The van der Waals surface area contributed by atoms with Gasteiger partial charge >= 0.3 is 0 Å². The van der Waals surface area contributed by atoms with E-state index in [1.54, 1.807) is 0 Å². The number of nitrogens with zero attached hydrogens (tertiary/aromatic N) is 1. The van der Waals surface area contributed by atoms with E-state index in [9.17, 15) is 0 Å². The third kappa shape index (κ3) is 3.22. The van der Waals surface area contributed by atoms with Crippen LogP contribution in [0.15, 0.2) is 28.7 Å². The largest absolute Gasteiger partial charge is 0.307 e. The molecule has 1 unspecified atom stereocenters. The SMILES string of the molecule is Cc1nc(C)c(C(C)NC2CC(c3ccccc3Br)C2)s1. The molecule has 0 aliphatic heterocycles. The maximum atomic E-state index is 4.53. The van der Waals surface area contributed by atoms with Crippen LogP contribution in [0, 0.1) is 13.8 Å². The van der Waals surface area contributed by atoms with Crippen molar-refractivity contribution in [3.8, 4) is 0 Å². The molecule has 1 atom stereocenters. The van der Waals surface area contributed by atoms with Crippen LogP contribution in [0.3, 0.4) is 0 Å². The molecule has 0 saturated heterocycles. The Balaban J connectivity index is 1.58. The molecule has 0 radical (unpaired) electrons. The Morgan fingerprint density at radius 1 is 1.29 bits per heavy atom. The van der Waals surface area contributed by atoms with Crippen LogP contribution >= 0.6 is 27.3 Å². The summed E-state index contributed by atoms with van der Waals surface area (Å²) in [6.07, 6.45) is 2.45. The number of nitrogens with one attached hydrogen (secondary N) is 1. The zero-order valence-electron chi connectivity index (χ0n) is 12.7. The Kier molecular flexibility index (Phi) is 4.48. The molecule has 0 amide bonds. The normalized spacial score (nSPS) is 22.9. The molecule has 1 N–H and O–H groups in total. The van der Waals surface area contributed by atoms with E-state index < -0.39 is 0 Å². The Labute approximate surface area is 139 Å². The maximum Gasteiger partial charge on any atom is 0.0900 e. The molecule has 2 aromatic rings. The van der Waals surface area contributed by atoms with Crippen LogP contribution in [0.4, 0.5) is 0 Å². The first-order valence-corrected chi connectivity index (χ1v) is 9.10. The van der Waals surface area contributed by atoms with Crippen LogP contribution in [-0.2, 0) is 0 Å². The molecule has 1 saturated carbocycles. The highest BCUT2D eigenvalue weighted by Crippen LogP contribution is 2.41. The molecular formula is C17H21BrN2S. The highest BCUT2D eigenvalue weighted by atomic mass is 79.9. The Morgan fingerprint density at radius 2 is 2.00 bits per heavy atom. The van der Waals surface area contributed by atoms with Crippen LogP contribution in [0.25, 0.3) is 0 Å². The Hall–Kier alpha value is -0.710. The smallest absolute Gasteiger partial charge is 0.0900 e. The van der Waals surface area contributed by atoms with Crippen LogP contribution in [0.2, 0.25) is 0 Å². The summed E-state index contributed by atoms with van der Waals surface area (Å²) in [6.45, 7) is 6.45. The first kappa shape index (κ1) is 15.2. The van der Waals surface area contributed by atoms with Crippen LogP contribution in [0.5, 0.6) is 0 Å². The average Bonchev–Trinajstić information content (AvgIpc) is 2.73. The molecule has 1 aliphatic carbocycles. The maximum absolute atomic E-state index is 4.53. The minimum Gasteiger partial charge on any atom is -0.307 e. The third-order valence-corrected chi connectivity index (χ3v) is 6.28. The predicted octanol–water partition coefficient (Wildman–Crippen LogP) is 5.12. The van der Waals surface area contributed by atoms with Crippen LogP contribution in [-0.4, -0.2) is 11.0 Å². The molecular weight excluding hydrogens is 344 g/mol. The van der Waals surface area contributed by atoms with Gasteiger partial charge in [0.1, 0.15) is 0 Å². The highest BCUT2D eigenvalue weighted by molar-refractivity contribution is 9.10. The minimum atomic E-state index is 0.404. The topological polar surface area (TPSA) is 24.9 Å². The Morgan fingerprint density at radius 3 is 2.62 bits per heavy atom. The number of benzene rings is 1. The summed E-state index contributed by atoms with van der Waals surface area (Å²) < 4.78 is 1.25. The molecule has 1 heterocycles. The number of aromatic nitrogens is 1. The summed E-state index contributed by atoms with van der Waals surface area (Å²) in [7, 11) is 0. The number of rotatable bonds is 4. The molecule has 4 heteroatoms. The van der Waals surface area contributed by atoms with Gasteiger partial charge in [0.05, 0.1) is 10.7 Å². The predicted molar refractivity (Wildman–Crippen MR) is 93.0 cm³/mol. The van der Waals surface area contributed by atoms with Crippen molar-refractivity contribution in [2.75, 3.05) is 0 Å². The van der Waals surface area contributed by atoms with Gasteiger partial charge < -0.3 is 5.32 Å². The highest BCUT2D eigenvalue weighted by Gasteiger charge is 2.32. The van der Waals surface area contributed by atoms with Crippen LogP contribution in [0.1, 0.15) is 52.9 Å². The molecule has 2 nitrogen and oxygen atoms in total. The number of hydrogen-bond acceptors (Lipinski definition) is 3. The molecule has 0 spiro atoms. The van der Waals surface area contributed by atoms with E-state index in [1.165, 1.54) is 33.4 Å². The monoisotopic (exact) mass is 364 g/mol. The fraction of sp³-hybridized carbons (Fsp3) is 0.471. The van der Waals surface area contributed by atoms with Crippen molar-refractivity contribution in [2.24, 2.45) is 0 Å². The lowest BCUT2D eigenvalue weighted by Gasteiger charge is -2.38. The van der Waals surface area contributed by atoms with Gasteiger partial charge in [0.2, 0.25) is 0 Å². The summed E-state index contributed by atoms with van der Waals surface area (Å²) in [5, 5.41) is 4.92. The van der Waals surface area contributed by atoms with Gasteiger partial charge in [-0.3, -0.25) is 0 Å². The van der Waals surface area contributed by atoms with Crippen LogP contribution < -0.4 is 5.32 Å². The van der Waals surface area contributed by atoms with Gasteiger partial charge in [-0.15, -0.1) is 11.3 Å². The van der Waals surface area contributed by atoms with E-state index >= 15 is 0 Å². The zero-order valence-corrected chi connectivity index (χ0v) is 15.1. The van der Waals surface area contributed by atoms with Crippen molar-refractivity contribution in [3.63, 3.8) is 0 Å². The molecule has 112 valence electrons. The van der Waals surface area contributed by atoms with Crippen molar-refractivity contribution in [2.45, 2.75) is 51.6 Å². The van der Waals surface area contributed by atoms with E-state index in [0.717, 1.165) is 5.01 Å². The summed E-state index contributed by atoms with van der Waals surface area (Å²) in [4.78, 5) is 5.92. The van der Waals surface area contributed by atoms with Crippen molar-refractivity contribution in [1.82, 2.24) is 10.3 Å². The Bertz CT molecular complexity index is 631. The summed E-state index contributed by atoms with van der Waals surface area (Å²) in [6, 6.07) is 9.62. The molecule has 3 rings (SSSR count). The van der Waals surface area contributed by atoms with E-state index in [2.05, 4.69) is 71.3 Å². The van der Waals surface area contributed by atoms with E-state index in [4.69, 9.17) is 0 Å². The summed E-state index contributed by atoms with van der Waals surface area (Å²) >= 11 is 5.48. The lowest BCUT2D eigenvalue weighted by molar-refractivity contribution is 0.271. The quantitative estimate of drug-likeness (QED) is 0.814. The molecule has 1 aliphatic rings. The second kappa shape index (κ2) is 6.19. The number of hydrogen-bond donors (Lipinski definition) is 1. The van der Waals surface area contributed by atoms with Gasteiger partial charge in [0.25, 0.3) is 0 Å². The second-order valence-corrected chi connectivity index (χ2v) is 8.05. The zero-order chi connectivity index (χ0) is 15.0. The second-order valence-electron chi connectivity index (χ2n) is 5.96. The molecule has 1 fully saturated rings. The first-order chi connectivity index (χ1) is 10.0. The summed E-state index contributed by atoms with van der Waals surface area (Å²) in [5.74, 6) is 0.689. The fourth-order valence-corrected chi connectivity index (χ4v) is 4.74. The molecule has 21 heavy (non-hydrogen) atoms. The first-order valence-electron chi connectivity index (χ1n) is 7.49. The lowest BCUT2D eigenvalue weighted by Crippen LogP contribution is -2.41. The third-order valence-electron chi connectivity index (χ3n) is 4.30. The van der Waals surface area contributed by atoms with Gasteiger partial charge in [-0.1, -0.05) is 34.1 Å². The number of thiazole rings is 1. The summed E-state index contributed by atoms with van der Waals surface area (Å²) in [5.41, 5.74) is 2.63. The minimum absolute atomic E-state index is 0.404. The lowest BCUT2D eigenvalue weighted by atomic mass is 9.75. The van der Waals surface area contributed by atoms with E-state index in [0.29, 0.717) is 18.0 Å². The van der Waals surface area contributed by atoms with Gasteiger partial charge in [-0.05, 0) is 51.2 Å². The van der Waals surface area contributed by atoms with E-state index in [1.807, 2.05) is 11.3 Å². The van der Waals surface area contributed by atoms with Gasteiger partial charge in [-0.25, -0.2) is 4.98 Å². The molecule has 0 bridgehead atoms. The van der Waals surface area contributed by atoms with Gasteiger partial charge in [0.15, 0.2) is 0 Å². The fourth-order valence-electron chi connectivity index (χ4n) is 3.19. The number of aryl methyl sites for hydroxylation is 2. The van der Waals surface area contributed by atoms with Crippen molar-refractivity contribution in [1.29, 1.82) is 0 Å². The standard InChI is InChI=1S/C17H21BrN2S/c1-10-17(21-12(3)19-10)11(2)20-14-8-13(9-14)15-6-4-5-7-16(15)18/h4-7,11,13-14,20H,8-9H2,1-3H3. The van der Waals surface area contributed by atoms with Gasteiger partial charge in [0, 0.05) is 21.4 Å². The van der Waals surface area contributed by atoms with E-state index in [-0.39, 0.29) is 0 Å². The van der Waals surface area contributed by atoms with Crippen molar-refractivity contribution >= 4 is 27.3 Å². The number of halogens is 1.